The van der Waals surface area contributed by atoms with Gasteiger partial charge in [-0.25, -0.2) is 0 Å². The number of aryl methyl sites for hydroxylation is 1. The molecule has 1 aromatic carbocycles. The van der Waals surface area contributed by atoms with Crippen LogP contribution in [-0.2, 0) is 13.0 Å². The Bertz CT molecular complexity index is 558. The van der Waals surface area contributed by atoms with Crippen LogP contribution in [0.3, 0.4) is 0 Å². The molecule has 1 heterocycles. The summed E-state index contributed by atoms with van der Waals surface area (Å²) in [5.74, 6) is 0.211. The molecule has 2 N–H and O–H groups in total. The maximum absolute atomic E-state index is 9.89. The Balaban J connectivity index is 2.00. The average Bonchev–Trinajstić information content (AvgIpc) is 2.50. The van der Waals surface area contributed by atoms with E-state index in [1.54, 1.807) is 12.1 Å². The van der Waals surface area contributed by atoms with Crippen molar-refractivity contribution in [2.45, 2.75) is 19.9 Å². The SMILES string of the molecule is Cc1ccc(O)c(CN(CCO)CCc2ccccc2)n1. The Kier molecular flexibility index (Phi) is 5.72. The van der Waals surface area contributed by atoms with E-state index >= 15 is 0 Å². The third kappa shape index (κ3) is 4.85. The molecule has 0 unspecified atom stereocenters. The number of aromatic hydroxyl groups is 1. The van der Waals surface area contributed by atoms with E-state index in [0.29, 0.717) is 18.8 Å². The van der Waals surface area contributed by atoms with E-state index < -0.39 is 0 Å². The number of pyridine rings is 1. The third-order valence-electron chi connectivity index (χ3n) is 3.44. The van der Waals surface area contributed by atoms with Crippen molar-refractivity contribution in [2.24, 2.45) is 0 Å². The van der Waals surface area contributed by atoms with Gasteiger partial charge in [0.15, 0.2) is 0 Å². The Hall–Kier alpha value is -1.91. The van der Waals surface area contributed by atoms with Crippen molar-refractivity contribution in [1.29, 1.82) is 0 Å². The minimum Gasteiger partial charge on any atom is -0.506 e. The van der Waals surface area contributed by atoms with Crippen molar-refractivity contribution >= 4 is 0 Å². The normalized spacial score (nSPS) is 11.0. The maximum Gasteiger partial charge on any atom is 0.138 e. The van der Waals surface area contributed by atoms with Gasteiger partial charge in [0.2, 0.25) is 0 Å². The summed E-state index contributed by atoms with van der Waals surface area (Å²) in [6.07, 6.45) is 0.910. The van der Waals surface area contributed by atoms with Gasteiger partial charge >= 0.3 is 0 Å². The molecule has 2 aromatic rings. The number of nitrogens with zero attached hydrogens (tertiary/aromatic N) is 2. The zero-order chi connectivity index (χ0) is 15.1. The summed E-state index contributed by atoms with van der Waals surface area (Å²) in [6.45, 7) is 3.94. The predicted octanol–water partition coefficient (Wildman–Crippen LogP) is 2.13. The number of rotatable bonds is 7. The second kappa shape index (κ2) is 7.76. The number of benzene rings is 1. The predicted molar refractivity (Wildman–Crippen MR) is 83.1 cm³/mol. The zero-order valence-electron chi connectivity index (χ0n) is 12.4. The molecule has 2 rings (SSSR count). The van der Waals surface area contributed by atoms with Crippen LogP contribution in [0.15, 0.2) is 42.5 Å². The summed E-state index contributed by atoms with van der Waals surface area (Å²) in [5.41, 5.74) is 2.81. The molecule has 21 heavy (non-hydrogen) atoms. The molecule has 4 nitrogen and oxygen atoms in total. The molecule has 0 saturated carbocycles. The first-order valence-corrected chi connectivity index (χ1v) is 7.21. The van der Waals surface area contributed by atoms with Crippen LogP contribution >= 0.6 is 0 Å². The Morgan fingerprint density at radius 1 is 1.05 bits per heavy atom. The standard InChI is InChI=1S/C17H22N2O2/c1-14-7-8-17(21)16(18-14)13-19(11-12-20)10-9-15-5-3-2-4-6-15/h2-8,20-21H,9-13H2,1H3. The summed E-state index contributed by atoms with van der Waals surface area (Å²) in [7, 11) is 0. The Morgan fingerprint density at radius 3 is 2.52 bits per heavy atom. The molecule has 0 spiro atoms. The van der Waals surface area contributed by atoms with E-state index in [2.05, 4.69) is 22.0 Å². The van der Waals surface area contributed by atoms with E-state index in [-0.39, 0.29) is 12.4 Å². The van der Waals surface area contributed by atoms with Crippen LogP contribution in [0.2, 0.25) is 0 Å². The van der Waals surface area contributed by atoms with E-state index in [4.69, 9.17) is 0 Å². The largest absolute Gasteiger partial charge is 0.506 e. The summed E-state index contributed by atoms with van der Waals surface area (Å²) in [5, 5.41) is 19.1. The fourth-order valence-electron chi connectivity index (χ4n) is 2.27. The fraction of sp³-hybridized carbons (Fsp3) is 0.353. The second-order valence-electron chi connectivity index (χ2n) is 5.15. The number of hydrogen-bond donors (Lipinski definition) is 2. The van der Waals surface area contributed by atoms with Gasteiger partial charge < -0.3 is 10.2 Å². The lowest BCUT2D eigenvalue weighted by molar-refractivity contribution is 0.188. The highest BCUT2D eigenvalue weighted by Gasteiger charge is 2.10. The van der Waals surface area contributed by atoms with Crippen LogP contribution in [0, 0.1) is 6.92 Å². The van der Waals surface area contributed by atoms with Gasteiger partial charge in [0.25, 0.3) is 0 Å². The number of hydrogen-bond acceptors (Lipinski definition) is 4. The molecule has 0 amide bonds. The monoisotopic (exact) mass is 286 g/mol. The minimum atomic E-state index is 0.0986. The minimum absolute atomic E-state index is 0.0986. The molecule has 0 aliphatic carbocycles. The van der Waals surface area contributed by atoms with Crippen molar-refractivity contribution in [1.82, 2.24) is 9.88 Å². The molecule has 1 aromatic heterocycles. The van der Waals surface area contributed by atoms with Gasteiger partial charge in [0.1, 0.15) is 5.75 Å². The maximum atomic E-state index is 9.89. The average molecular weight is 286 g/mol. The molecule has 0 fully saturated rings. The molecule has 0 aliphatic heterocycles. The van der Waals surface area contributed by atoms with E-state index in [0.717, 1.165) is 18.7 Å². The lowest BCUT2D eigenvalue weighted by Crippen LogP contribution is -2.29. The summed E-state index contributed by atoms with van der Waals surface area (Å²) in [4.78, 5) is 6.48. The van der Waals surface area contributed by atoms with Crippen LogP contribution < -0.4 is 0 Å². The summed E-state index contributed by atoms with van der Waals surface area (Å²) >= 11 is 0. The van der Waals surface area contributed by atoms with Gasteiger partial charge in [0.05, 0.1) is 12.3 Å². The first-order valence-electron chi connectivity index (χ1n) is 7.21. The van der Waals surface area contributed by atoms with Crippen LogP contribution in [0.4, 0.5) is 0 Å². The molecule has 0 bridgehead atoms. The Labute approximate surface area is 125 Å². The van der Waals surface area contributed by atoms with Gasteiger partial charge in [0, 0.05) is 25.3 Å². The highest BCUT2D eigenvalue weighted by molar-refractivity contribution is 5.27. The smallest absolute Gasteiger partial charge is 0.138 e. The van der Waals surface area contributed by atoms with Crippen molar-refractivity contribution in [3.8, 4) is 5.75 Å². The van der Waals surface area contributed by atoms with Gasteiger partial charge in [-0.05, 0) is 31.0 Å². The van der Waals surface area contributed by atoms with Gasteiger partial charge in [-0.2, -0.15) is 0 Å². The summed E-state index contributed by atoms with van der Waals surface area (Å²) < 4.78 is 0. The van der Waals surface area contributed by atoms with Crippen molar-refractivity contribution < 1.29 is 10.2 Å². The van der Waals surface area contributed by atoms with Crippen LogP contribution in [0.25, 0.3) is 0 Å². The van der Waals surface area contributed by atoms with E-state index in [1.165, 1.54) is 5.56 Å². The topological polar surface area (TPSA) is 56.6 Å². The first-order chi connectivity index (χ1) is 10.2. The van der Waals surface area contributed by atoms with Crippen LogP contribution in [0.5, 0.6) is 5.75 Å². The highest BCUT2D eigenvalue weighted by atomic mass is 16.3. The molecular weight excluding hydrogens is 264 g/mol. The number of aromatic nitrogens is 1. The molecule has 0 radical (unpaired) electrons. The molecular formula is C17H22N2O2. The third-order valence-corrected chi connectivity index (χ3v) is 3.44. The van der Waals surface area contributed by atoms with E-state index in [9.17, 15) is 10.2 Å². The summed E-state index contributed by atoms with van der Waals surface area (Å²) in [6, 6.07) is 13.7. The second-order valence-corrected chi connectivity index (χ2v) is 5.15. The number of aliphatic hydroxyl groups excluding tert-OH is 1. The fourth-order valence-corrected chi connectivity index (χ4v) is 2.27. The van der Waals surface area contributed by atoms with Gasteiger partial charge in [-0.3, -0.25) is 9.88 Å². The quantitative estimate of drug-likeness (QED) is 0.818. The Morgan fingerprint density at radius 2 is 1.81 bits per heavy atom. The van der Waals surface area contributed by atoms with Gasteiger partial charge in [-0.15, -0.1) is 0 Å². The van der Waals surface area contributed by atoms with E-state index in [1.807, 2.05) is 25.1 Å². The highest BCUT2D eigenvalue weighted by Crippen LogP contribution is 2.17. The van der Waals surface area contributed by atoms with Crippen LogP contribution in [-0.4, -0.2) is 39.8 Å². The molecule has 4 heteroatoms. The molecule has 0 saturated heterocycles. The van der Waals surface area contributed by atoms with Crippen molar-refractivity contribution in [2.75, 3.05) is 19.7 Å². The van der Waals surface area contributed by atoms with Crippen molar-refractivity contribution in [3.05, 3.63) is 59.4 Å². The van der Waals surface area contributed by atoms with Crippen LogP contribution in [0.1, 0.15) is 17.0 Å². The van der Waals surface area contributed by atoms with Crippen molar-refractivity contribution in [3.63, 3.8) is 0 Å². The first kappa shape index (κ1) is 15.5. The number of aliphatic hydroxyl groups is 1. The van der Waals surface area contributed by atoms with Gasteiger partial charge in [-0.1, -0.05) is 30.3 Å². The molecule has 0 aliphatic rings. The molecule has 0 atom stereocenters. The lowest BCUT2D eigenvalue weighted by atomic mass is 10.1. The lowest BCUT2D eigenvalue weighted by Gasteiger charge is -2.21. The molecule has 112 valence electrons. The zero-order valence-corrected chi connectivity index (χ0v) is 12.4.